The van der Waals surface area contributed by atoms with Crippen molar-refractivity contribution in [1.29, 1.82) is 0 Å². The van der Waals surface area contributed by atoms with Crippen LogP contribution >= 0.6 is 11.3 Å². The minimum absolute atomic E-state index is 0.0771. The summed E-state index contributed by atoms with van der Waals surface area (Å²) < 4.78 is -0.0771. The fourth-order valence-electron chi connectivity index (χ4n) is 1.37. The van der Waals surface area contributed by atoms with E-state index in [0.29, 0.717) is 10.3 Å². The normalized spacial score (nSPS) is 10.2. The van der Waals surface area contributed by atoms with Crippen LogP contribution in [-0.4, -0.2) is 13.0 Å². The molecule has 2 rings (SSSR count). The topological polar surface area (TPSA) is 46.2 Å². The van der Waals surface area contributed by atoms with Gasteiger partial charge in [0.2, 0.25) is 4.74 Å². The zero-order chi connectivity index (χ0) is 10.8. The van der Waals surface area contributed by atoms with Crippen molar-refractivity contribution in [2.24, 2.45) is 0 Å². The lowest BCUT2D eigenvalue weighted by Crippen LogP contribution is -2.18. The first-order valence-corrected chi connectivity index (χ1v) is 5.29. The second-order valence-corrected chi connectivity index (χ2v) is 4.08. The Hall–Kier alpha value is -1.68. The molecule has 0 bridgehead atoms. The molecule has 0 saturated heterocycles. The largest absolute Gasteiger partial charge is 0.354 e. The molecular formula is C11H9NO2S. The molecule has 0 radical (unpaired) electrons. The van der Waals surface area contributed by atoms with Gasteiger partial charge in [0.15, 0.2) is 0 Å². The quantitative estimate of drug-likeness (QED) is 0.792. The molecule has 0 aliphatic rings. The van der Waals surface area contributed by atoms with Crippen LogP contribution in [0.25, 0.3) is 10.8 Å². The van der Waals surface area contributed by atoms with Crippen molar-refractivity contribution in [1.82, 2.24) is 5.32 Å². The zero-order valence-electron chi connectivity index (χ0n) is 8.11. The third-order valence-electron chi connectivity index (χ3n) is 2.12. The standard InChI is InChI=1S/C11H9NO2S/c1-12-10(13)9-6-7-4-2-3-5-8(7)11(14)15-9/h2-6H,1H3,(H,12,13). The van der Waals surface area contributed by atoms with E-state index in [0.717, 1.165) is 16.7 Å². The van der Waals surface area contributed by atoms with Gasteiger partial charge in [-0.1, -0.05) is 29.5 Å². The van der Waals surface area contributed by atoms with Gasteiger partial charge in [-0.3, -0.25) is 9.59 Å². The molecule has 4 heteroatoms. The Labute approximate surface area is 90.4 Å². The van der Waals surface area contributed by atoms with E-state index in [2.05, 4.69) is 5.32 Å². The molecule has 76 valence electrons. The van der Waals surface area contributed by atoms with Crippen molar-refractivity contribution >= 4 is 28.0 Å². The van der Waals surface area contributed by atoms with E-state index in [1.54, 1.807) is 19.2 Å². The summed E-state index contributed by atoms with van der Waals surface area (Å²) in [5.74, 6) is -0.220. The van der Waals surface area contributed by atoms with Crippen molar-refractivity contribution in [3.63, 3.8) is 0 Å². The second kappa shape index (κ2) is 3.82. The van der Waals surface area contributed by atoms with Crippen LogP contribution in [-0.2, 0) is 0 Å². The van der Waals surface area contributed by atoms with Crippen LogP contribution in [0.4, 0.5) is 0 Å². The van der Waals surface area contributed by atoms with Crippen molar-refractivity contribution < 1.29 is 4.79 Å². The van der Waals surface area contributed by atoms with E-state index in [-0.39, 0.29) is 10.6 Å². The summed E-state index contributed by atoms with van der Waals surface area (Å²) in [7, 11) is 1.55. The predicted octanol–water partition coefficient (Wildman–Crippen LogP) is 1.62. The first kappa shape index (κ1) is 9.86. The molecule has 0 spiro atoms. The van der Waals surface area contributed by atoms with Gasteiger partial charge in [0.25, 0.3) is 5.91 Å². The number of carbonyl (C=O) groups excluding carboxylic acids is 1. The minimum Gasteiger partial charge on any atom is -0.354 e. The maximum Gasteiger partial charge on any atom is 0.261 e. The summed E-state index contributed by atoms with van der Waals surface area (Å²) in [4.78, 5) is 23.5. The monoisotopic (exact) mass is 219 g/mol. The Balaban J connectivity index is 2.73. The van der Waals surface area contributed by atoms with Gasteiger partial charge < -0.3 is 5.32 Å². The molecule has 2 aromatic rings. The molecule has 0 aliphatic carbocycles. The molecule has 0 unspecified atom stereocenters. The Bertz CT molecular complexity index is 574. The van der Waals surface area contributed by atoms with E-state index < -0.39 is 0 Å². The van der Waals surface area contributed by atoms with Crippen molar-refractivity contribution in [3.05, 3.63) is 44.7 Å². The number of fused-ring (bicyclic) bond motifs is 1. The van der Waals surface area contributed by atoms with Crippen LogP contribution < -0.4 is 10.1 Å². The first-order chi connectivity index (χ1) is 7.22. The molecule has 0 fully saturated rings. The Morgan fingerprint density at radius 3 is 2.80 bits per heavy atom. The summed E-state index contributed by atoms with van der Waals surface area (Å²) in [6, 6.07) is 8.99. The minimum atomic E-state index is -0.220. The molecule has 0 atom stereocenters. The number of rotatable bonds is 1. The van der Waals surface area contributed by atoms with Crippen LogP contribution in [0.5, 0.6) is 0 Å². The van der Waals surface area contributed by atoms with Crippen molar-refractivity contribution in [2.75, 3.05) is 7.05 Å². The zero-order valence-corrected chi connectivity index (χ0v) is 8.93. The SMILES string of the molecule is CNC(=O)c1cc2ccccc2c(=O)s1. The highest BCUT2D eigenvalue weighted by atomic mass is 32.1. The molecule has 0 aliphatic heterocycles. The van der Waals surface area contributed by atoms with Gasteiger partial charge in [-0.25, -0.2) is 0 Å². The van der Waals surface area contributed by atoms with Crippen molar-refractivity contribution in [3.8, 4) is 0 Å². The van der Waals surface area contributed by atoms with Gasteiger partial charge in [0.05, 0.1) is 4.88 Å². The average Bonchev–Trinajstić information content (AvgIpc) is 2.28. The lowest BCUT2D eigenvalue weighted by atomic mass is 10.2. The number of hydrogen-bond donors (Lipinski definition) is 1. The summed E-state index contributed by atoms with van der Waals surface area (Å²) in [5.41, 5.74) is 0. The van der Waals surface area contributed by atoms with Crippen LogP contribution in [0.1, 0.15) is 9.67 Å². The van der Waals surface area contributed by atoms with Gasteiger partial charge in [0.1, 0.15) is 0 Å². The number of nitrogens with one attached hydrogen (secondary N) is 1. The highest BCUT2D eigenvalue weighted by Crippen LogP contribution is 2.14. The van der Waals surface area contributed by atoms with Crippen LogP contribution in [0.3, 0.4) is 0 Å². The average molecular weight is 219 g/mol. The van der Waals surface area contributed by atoms with Gasteiger partial charge in [0, 0.05) is 12.4 Å². The van der Waals surface area contributed by atoms with E-state index in [9.17, 15) is 9.59 Å². The van der Waals surface area contributed by atoms with E-state index in [1.807, 2.05) is 18.2 Å². The highest BCUT2D eigenvalue weighted by molar-refractivity contribution is 7.12. The number of hydrogen-bond acceptors (Lipinski definition) is 3. The van der Waals surface area contributed by atoms with Crippen LogP contribution in [0.15, 0.2) is 35.1 Å². The Morgan fingerprint density at radius 2 is 2.07 bits per heavy atom. The third kappa shape index (κ3) is 1.76. The lowest BCUT2D eigenvalue weighted by Gasteiger charge is -2.00. The van der Waals surface area contributed by atoms with Gasteiger partial charge in [-0.2, -0.15) is 0 Å². The Kier molecular flexibility index (Phi) is 2.51. The molecule has 1 N–H and O–H groups in total. The van der Waals surface area contributed by atoms with Crippen LogP contribution in [0.2, 0.25) is 0 Å². The molecule has 1 aromatic heterocycles. The molecule has 3 nitrogen and oxygen atoms in total. The second-order valence-electron chi connectivity index (χ2n) is 3.06. The molecule has 1 heterocycles. The molecular weight excluding hydrogens is 210 g/mol. The summed E-state index contributed by atoms with van der Waals surface area (Å²) in [6.07, 6.45) is 0. The van der Waals surface area contributed by atoms with Gasteiger partial charge in [-0.05, 0) is 17.5 Å². The van der Waals surface area contributed by atoms with Crippen LogP contribution in [0, 0.1) is 0 Å². The van der Waals surface area contributed by atoms with Gasteiger partial charge >= 0.3 is 0 Å². The number of benzene rings is 1. The number of amides is 1. The lowest BCUT2D eigenvalue weighted by molar-refractivity contribution is 0.0967. The van der Waals surface area contributed by atoms with Gasteiger partial charge in [-0.15, -0.1) is 0 Å². The Morgan fingerprint density at radius 1 is 1.33 bits per heavy atom. The molecule has 1 amide bonds. The van der Waals surface area contributed by atoms with Crippen molar-refractivity contribution in [2.45, 2.75) is 0 Å². The summed E-state index contributed by atoms with van der Waals surface area (Å²) >= 11 is 0.972. The molecule has 15 heavy (non-hydrogen) atoms. The van der Waals surface area contributed by atoms with E-state index in [4.69, 9.17) is 0 Å². The van der Waals surface area contributed by atoms with E-state index >= 15 is 0 Å². The highest BCUT2D eigenvalue weighted by Gasteiger charge is 2.07. The number of carbonyl (C=O) groups is 1. The predicted molar refractivity (Wildman–Crippen MR) is 61.5 cm³/mol. The molecule has 1 aromatic carbocycles. The maximum atomic E-state index is 11.7. The van der Waals surface area contributed by atoms with E-state index in [1.165, 1.54) is 0 Å². The third-order valence-corrected chi connectivity index (χ3v) is 3.05. The maximum absolute atomic E-state index is 11.7. The summed E-state index contributed by atoms with van der Waals surface area (Å²) in [5, 5.41) is 3.97. The smallest absolute Gasteiger partial charge is 0.261 e. The molecule has 0 saturated carbocycles. The fraction of sp³-hybridized carbons (Fsp3) is 0.0909. The fourth-order valence-corrected chi connectivity index (χ4v) is 2.25. The first-order valence-electron chi connectivity index (χ1n) is 4.47. The summed E-state index contributed by atoms with van der Waals surface area (Å²) in [6.45, 7) is 0.